The lowest BCUT2D eigenvalue weighted by Gasteiger charge is -2.08. The first-order chi connectivity index (χ1) is 9.56. The Balaban J connectivity index is 2.29. The van der Waals surface area contributed by atoms with Gasteiger partial charge in [0, 0.05) is 17.7 Å². The first-order valence-corrected chi connectivity index (χ1v) is 5.69. The molecule has 2 aromatic rings. The van der Waals surface area contributed by atoms with E-state index in [-0.39, 0.29) is 5.75 Å². The van der Waals surface area contributed by atoms with Crippen molar-refractivity contribution in [3.63, 3.8) is 0 Å². The summed E-state index contributed by atoms with van der Waals surface area (Å²) in [5.41, 5.74) is 0.514. The average molecular weight is 276 g/mol. The van der Waals surface area contributed by atoms with Crippen molar-refractivity contribution in [2.45, 2.75) is 0 Å². The molecule has 0 aliphatic heterocycles. The fourth-order valence-electron chi connectivity index (χ4n) is 1.54. The topological polar surface area (TPSA) is 46.5 Å². The number of carbonyl (C=O) groups is 1. The van der Waals surface area contributed by atoms with Crippen LogP contribution in [-0.4, -0.2) is 11.1 Å². The van der Waals surface area contributed by atoms with Crippen LogP contribution >= 0.6 is 0 Å². The molecule has 0 saturated heterocycles. The molecular formula is C15H10F2O3. The van der Waals surface area contributed by atoms with E-state index >= 15 is 0 Å². The molecule has 20 heavy (non-hydrogen) atoms. The van der Waals surface area contributed by atoms with Gasteiger partial charge in [0.1, 0.15) is 11.5 Å². The number of hydrogen-bond donors (Lipinski definition) is 1. The predicted molar refractivity (Wildman–Crippen MR) is 69.5 cm³/mol. The number of hydrogen-bond acceptors (Lipinski definition) is 2. The molecule has 0 aromatic heterocycles. The maximum Gasteiger partial charge on any atom is 0.328 e. The van der Waals surface area contributed by atoms with Gasteiger partial charge in [0.05, 0.1) is 0 Å². The zero-order valence-electron chi connectivity index (χ0n) is 10.2. The second-order valence-corrected chi connectivity index (χ2v) is 3.89. The number of para-hydroxylation sites is 1. The zero-order chi connectivity index (χ0) is 14.5. The SMILES string of the molecule is O=C(O)/C=C\c1ccccc1Oc1ccc(F)c(F)c1. The highest BCUT2D eigenvalue weighted by Crippen LogP contribution is 2.27. The van der Waals surface area contributed by atoms with E-state index in [9.17, 15) is 13.6 Å². The summed E-state index contributed by atoms with van der Waals surface area (Å²) in [6, 6.07) is 9.81. The molecule has 5 heteroatoms. The number of carboxylic acids is 1. The second kappa shape index (κ2) is 5.97. The molecule has 0 saturated carbocycles. The number of carboxylic acid groups (broad SMARTS) is 1. The van der Waals surface area contributed by atoms with E-state index < -0.39 is 17.6 Å². The van der Waals surface area contributed by atoms with Gasteiger partial charge in [-0.2, -0.15) is 0 Å². The maximum absolute atomic E-state index is 13.1. The normalized spacial score (nSPS) is 10.7. The van der Waals surface area contributed by atoms with Crippen molar-refractivity contribution in [3.05, 3.63) is 65.7 Å². The molecule has 2 rings (SSSR count). The van der Waals surface area contributed by atoms with Crippen molar-refractivity contribution < 1.29 is 23.4 Å². The first kappa shape index (κ1) is 13.7. The lowest BCUT2D eigenvalue weighted by Crippen LogP contribution is -1.91. The number of ether oxygens (including phenoxy) is 1. The van der Waals surface area contributed by atoms with Gasteiger partial charge in [0.15, 0.2) is 11.6 Å². The van der Waals surface area contributed by atoms with E-state index in [0.717, 1.165) is 18.2 Å². The Hall–Kier alpha value is -2.69. The Kier molecular flexibility index (Phi) is 4.10. The summed E-state index contributed by atoms with van der Waals surface area (Å²) in [6.07, 6.45) is 2.32. The van der Waals surface area contributed by atoms with E-state index in [4.69, 9.17) is 9.84 Å². The zero-order valence-corrected chi connectivity index (χ0v) is 10.2. The molecule has 0 atom stereocenters. The van der Waals surface area contributed by atoms with Gasteiger partial charge in [0.25, 0.3) is 0 Å². The summed E-state index contributed by atoms with van der Waals surface area (Å²) >= 11 is 0. The van der Waals surface area contributed by atoms with E-state index in [0.29, 0.717) is 11.3 Å². The molecule has 0 spiro atoms. The van der Waals surface area contributed by atoms with Crippen LogP contribution in [-0.2, 0) is 4.79 Å². The molecule has 102 valence electrons. The van der Waals surface area contributed by atoms with Crippen LogP contribution in [0.4, 0.5) is 8.78 Å². The van der Waals surface area contributed by atoms with Crippen LogP contribution in [0.3, 0.4) is 0 Å². The summed E-state index contributed by atoms with van der Waals surface area (Å²) in [5.74, 6) is -2.60. The monoisotopic (exact) mass is 276 g/mol. The summed E-state index contributed by atoms with van der Waals surface area (Å²) in [4.78, 5) is 10.5. The van der Waals surface area contributed by atoms with Crippen LogP contribution in [0.15, 0.2) is 48.5 Å². The van der Waals surface area contributed by atoms with Crippen LogP contribution < -0.4 is 4.74 Å². The van der Waals surface area contributed by atoms with E-state index in [2.05, 4.69) is 0 Å². The van der Waals surface area contributed by atoms with Crippen molar-refractivity contribution in [2.24, 2.45) is 0 Å². The number of halogens is 2. The summed E-state index contributed by atoms with van der Waals surface area (Å²) in [6.45, 7) is 0. The average Bonchev–Trinajstić information content (AvgIpc) is 2.42. The molecule has 0 radical (unpaired) electrons. The van der Waals surface area contributed by atoms with Crippen LogP contribution in [0.2, 0.25) is 0 Å². The second-order valence-electron chi connectivity index (χ2n) is 3.89. The fourth-order valence-corrected chi connectivity index (χ4v) is 1.54. The Labute approximate surface area is 113 Å². The molecular weight excluding hydrogens is 266 g/mol. The summed E-state index contributed by atoms with van der Waals surface area (Å²) in [7, 11) is 0. The van der Waals surface area contributed by atoms with Crippen LogP contribution in [0, 0.1) is 11.6 Å². The molecule has 0 unspecified atom stereocenters. The summed E-state index contributed by atoms with van der Waals surface area (Å²) in [5, 5.41) is 8.60. The van der Waals surface area contributed by atoms with Gasteiger partial charge < -0.3 is 9.84 Å². The predicted octanol–water partition coefficient (Wildman–Crippen LogP) is 3.85. The third kappa shape index (κ3) is 3.41. The third-order valence-electron chi connectivity index (χ3n) is 2.44. The molecule has 0 fully saturated rings. The van der Waals surface area contributed by atoms with Crippen LogP contribution in [0.5, 0.6) is 11.5 Å². The van der Waals surface area contributed by atoms with Crippen molar-refractivity contribution in [1.29, 1.82) is 0 Å². The molecule has 0 bridgehead atoms. The van der Waals surface area contributed by atoms with Gasteiger partial charge in [-0.15, -0.1) is 0 Å². The minimum atomic E-state index is -1.09. The summed E-state index contributed by atoms with van der Waals surface area (Å²) < 4.78 is 31.3. The first-order valence-electron chi connectivity index (χ1n) is 5.69. The van der Waals surface area contributed by atoms with Gasteiger partial charge >= 0.3 is 5.97 Å². The number of aliphatic carboxylic acids is 1. The highest BCUT2D eigenvalue weighted by molar-refractivity contribution is 5.85. The Morgan fingerprint density at radius 3 is 2.55 bits per heavy atom. The van der Waals surface area contributed by atoms with Gasteiger partial charge in [-0.3, -0.25) is 0 Å². The number of benzene rings is 2. The standard InChI is InChI=1S/C15H10F2O3/c16-12-7-6-11(9-13(12)17)20-14-4-2-1-3-10(14)5-8-15(18)19/h1-9H,(H,18,19)/b8-5-. The quantitative estimate of drug-likeness (QED) is 0.863. The Bertz CT molecular complexity index is 666. The molecule has 0 aliphatic carbocycles. The molecule has 2 aromatic carbocycles. The Morgan fingerprint density at radius 2 is 1.85 bits per heavy atom. The Morgan fingerprint density at radius 1 is 1.10 bits per heavy atom. The molecule has 3 nitrogen and oxygen atoms in total. The van der Waals surface area contributed by atoms with Crippen LogP contribution in [0.1, 0.15) is 5.56 Å². The smallest absolute Gasteiger partial charge is 0.328 e. The van der Waals surface area contributed by atoms with E-state index in [1.165, 1.54) is 12.1 Å². The lowest BCUT2D eigenvalue weighted by atomic mass is 10.2. The molecule has 0 heterocycles. The minimum absolute atomic E-state index is 0.125. The molecule has 0 amide bonds. The van der Waals surface area contributed by atoms with Crippen molar-refractivity contribution in [2.75, 3.05) is 0 Å². The van der Waals surface area contributed by atoms with E-state index in [1.807, 2.05) is 0 Å². The van der Waals surface area contributed by atoms with Gasteiger partial charge in [-0.1, -0.05) is 18.2 Å². The van der Waals surface area contributed by atoms with Crippen molar-refractivity contribution in [1.82, 2.24) is 0 Å². The van der Waals surface area contributed by atoms with Gasteiger partial charge in [-0.25, -0.2) is 13.6 Å². The molecule has 0 aliphatic rings. The third-order valence-corrected chi connectivity index (χ3v) is 2.44. The van der Waals surface area contributed by atoms with Crippen molar-refractivity contribution >= 4 is 12.0 Å². The van der Waals surface area contributed by atoms with Crippen LogP contribution in [0.25, 0.3) is 6.08 Å². The fraction of sp³-hybridized carbons (Fsp3) is 0. The van der Waals surface area contributed by atoms with Gasteiger partial charge in [0.2, 0.25) is 0 Å². The largest absolute Gasteiger partial charge is 0.478 e. The van der Waals surface area contributed by atoms with Crippen molar-refractivity contribution in [3.8, 4) is 11.5 Å². The van der Waals surface area contributed by atoms with E-state index in [1.54, 1.807) is 24.3 Å². The lowest BCUT2D eigenvalue weighted by molar-refractivity contribution is -0.131. The highest BCUT2D eigenvalue weighted by atomic mass is 19.2. The van der Waals surface area contributed by atoms with Gasteiger partial charge in [-0.05, 0) is 24.3 Å². The minimum Gasteiger partial charge on any atom is -0.478 e. The maximum atomic E-state index is 13.1. The highest BCUT2D eigenvalue weighted by Gasteiger charge is 2.06. The molecule has 1 N–H and O–H groups in total. The number of rotatable bonds is 4.